The first-order valence-electron chi connectivity index (χ1n) is 9.56. The van der Waals surface area contributed by atoms with Gasteiger partial charge in [0.15, 0.2) is 16.3 Å². The zero-order valence-electron chi connectivity index (χ0n) is 17.6. The summed E-state index contributed by atoms with van der Waals surface area (Å²) in [5, 5.41) is 0. The van der Waals surface area contributed by atoms with E-state index in [2.05, 4.69) is 4.99 Å². The quantitative estimate of drug-likeness (QED) is 0.612. The van der Waals surface area contributed by atoms with Crippen molar-refractivity contribution >= 4 is 49.2 Å². The molecule has 2 aromatic rings. The van der Waals surface area contributed by atoms with Crippen molar-refractivity contribution in [2.45, 2.75) is 19.4 Å². The van der Waals surface area contributed by atoms with Crippen LogP contribution in [0.3, 0.4) is 0 Å². The molecule has 30 heavy (non-hydrogen) atoms. The second-order valence-corrected chi connectivity index (χ2v) is 11.1. The number of sulfonamides is 1. The Balaban J connectivity index is 2.02. The van der Waals surface area contributed by atoms with Crippen LogP contribution in [0.1, 0.15) is 12.8 Å². The molecule has 1 fully saturated rings. The smallest absolute Gasteiger partial charge is 0.252 e. The zero-order chi connectivity index (χ0) is 21.9. The van der Waals surface area contributed by atoms with E-state index in [0.717, 1.165) is 16.0 Å². The molecule has 0 radical (unpaired) electrons. The molecule has 1 aromatic carbocycles. The Morgan fingerprint density at radius 3 is 2.63 bits per heavy atom. The number of carbonyl (C=O) groups is 1. The third-order valence-electron chi connectivity index (χ3n) is 5.12. The average molecular weight is 474 g/mol. The predicted molar refractivity (Wildman–Crippen MR) is 121 cm³/mol. The second-order valence-electron chi connectivity index (χ2n) is 7.11. The highest BCUT2D eigenvalue weighted by molar-refractivity contribution is 7.98. The highest BCUT2D eigenvalue weighted by Gasteiger charge is 2.30. The number of amides is 1. The number of thiazole rings is 1. The molecule has 8 nitrogen and oxygen atoms in total. The van der Waals surface area contributed by atoms with Gasteiger partial charge < -0.3 is 14.0 Å². The molecule has 0 N–H and O–H groups in total. The first-order chi connectivity index (χ1) is 14.3. The number of piperidine rings is 1. The molecule has 0 aliphatic carbocycles. The SMILES string of the molecule is COc1cc2sc(=NC(=O)C3CCCN(S(C)(=O)=O)C3)n(CCSC)c2cc1OC. The lowest BCUT2D eigenvalue weighted by Gasteiger charge is -2.28. The van der Waals surface area contributed by atoms with E-state index in [0.29, 0.717) is 42.2 Å². The van der Waals surface area contributed by atoms with Crippen molar-refractivity contribution in [3.63, 3.8) is 0 Å². The lowest BCUT2D eigenvalue weighted by Crippen LogP contribution is -2.41. The zero-order valence-corrected chi connectivity index (χ0v) is 20.0. The number of aryl methyl sites for hydroxylation is 1. The molecule has 0 saturated carbocycles. The highest BCUT2D eigenvalue weighted by Crippen LogP contribution is 2.33. The number of hydrogen-bond donors (Lipinski definition) is 0. The monoisotopic (exact) mass is 473 g/mol. The minimum Gasteiger partial charge on any atom is -0.493 e. The summed E-state index contributed by atoms with van der Waals surface area (Å²) in [6.45, 7) is 1.35. The number of methoxy groups -OCH3 is 2. The fraction of sp³-hybridized carbons (Fsp3) is 0.579. The summed E-state index contributed by atoms with van der Waals surface area (Å²) in [6.07, 6.45) is 4.51. The minimum absolute atomic E-state index is 0.193. The van der Waals surface area contributed by atoms with Gasteiger partial charge in [-0.1, -0.05) is 11.3 Å². The Labute approximate surface area is 184 Å². The molecular weight excluding hydrogens is 446 g/mol. The number of fused-ring (bicyclic) bond motifs is 1. The van der Waals surface area contributed by atoms with E-state index < -0.39 is 15.9 Å². The second kappa shape index (κ2) is 9.71. The summed E-state index contributed by atoms with van der Waals surface area (Å²) in [5.74, 6) is 1.42. The topological polar surface area (TPSA) is 90.2 Å². The molecule has 11 heteroatoms. The summed E-state index contributed by atoms with van der Waals surface area (Å²) in [4.78, 5) is 18.0. The molecule has 3 rings (SSSR count). The number of rotatable bonds is 7. The number of nitrogens with zero attached hydrogens (tertiary/aromatic N) is 3. The number of thioether (sulfide) groups is 1. The third-order valence-corrected chi connectivity index (χ3v) is 8.02. The van der Waals surface area contributed by atoms with E-state index in [4.69, 9.17) is 9.47 Å². The van der Waals surface area contributed by atoms with Gasteiger partial charge in [0.05, 0.1) is 36.6 Å². The molecule has 2 heterocycles. The Hall–Kier alpha value is -1.56. The predicted octanol–water partition coefficient (Wildman–Crippen LogP) is 2.18. The van der Waals surface area contributed by atoms with Gasteiger partial charge in [-0.2, -0.15) is 16.8 Å². The van der Waals surface area contributed by atoms with E-state index >= 15 is 0 Å². The van der Waals surface area contributed by atoms with Crippen LogP contribution in [0.5, 0.6) is 11.5 Å². The van der Waals surface area contributed by atoms with Gasteiger partial charge in [-0.3, -0.25) is 4.79 Å². The number of ether oxygens (including phenoxy) is 2. The first-order valence-corrected chi connectivity index (χ1v) is 13.6. The largest absolute Gasteiger partial charge is 0.493 e. The summed E-state index contributed by atoms with van der Waals surface area (Å²) in [6, 6.07) is 3.80. The molecule has 0 bridgehead atoms. The van der Waals surface area contributed by atoms with E-state index in [-0.39, 0.29) is 12.5 Å². The number of benzene rings is 1. The van der Waals surface area contributed by atoms with Gasteiger partial charge in [-0.05, 0) is 19.1 Å². The van der Waals surface area contributed by atoms with E-state index in [1.165, 1.54) is 21.9 Å². The van der Waals surface area contributed by atoms with Crippen molar-refractivity contribution in [1.29, 1.82) is 0 Å². The number of aromatic nitrogens is 1. The van der Waals surface area contributed by atoms with Crippen LogP contribution < -0.4 is 14.3 Å². The van der Waals surface area contributed by atoms with E-state index in [1.54, 1.807) is 26.0 Å². The van der Waals surface area contributed by atoms with Crippen LogP contribution in [0.25, 0.3) is 10.2 Å². The van der Waals surface area contributed by atoms with Crippen LogP contribution in [-0.2, 0) is 21.4 Å². The van der Waals surface area contributed by atoms with Gasteiger partial charge >= 0.3 is 0 Å². The third kappa shape index (κ3) is 5.01. The Morgan fingerprint density at radius 1 is 1.30 bits per heavy atom. The lowest BCUT2D eigenvalue weighted by molar-refractivity contribution is -0.122. The van der Waals surface area contributed by atoms with Crippen molar-refractivity contribution in [2.75, 3.05) is 45.6 Å². The maximum atomic E-state index is 12.9. The van der Waals surface area contributed by atoms with E-state index in [9.17, 15) is 13.2 Å². The summed E-state index contributed by atoms with van der Waals surface area (Å²) >= 11 is 3.13. The molecule has 0 spiro atoms. The van der Waals surface area contributed by atoms with Gasteiger partial charge in [-0.15, -0.1) is 0 Å². The lowest BCUT2D eigenvalue weighted by atomic mass is 9.99. The van der Waals surface area contributed by atoms with E-state index in [1.807, 2.05) is 23.0 Å². The van der Waals surface area contributed by atoms with Crippen molar-refractivity contribution in [2.24, 2.45) is 10.9 Å². The van der Waals surface area contributed by atoms with Gasteiger partial charge in [0.25, 0.3) is 5.91 Å². The maximum Gasteiger partial charge on any atom is 0.252 e. The van der Waals surface area contributed by atoms with Gasteiger partial charge in [0.1, 0.15) is 0 Å². The Bertz CT molecular complexity index is 1090. The minimum atomic E-state index is -3.31. The van der Waals surface area contributed by atoms with Crippen LogP contribution >= 0.6 is 23.1 Å². The summed E-state index contributed by atoms with van der Waals surface area (Å²) in [5.41, 5.74) is 0.930. The molecule has 166 valence electrons. The van der Waals surface area contributed by atoms with Crippen molar-refractivity contribution in [3.8, 4) is 11.5 Å². The van der Waals surface area contributed by atoms with Crippen molar-refractivity contribution in [3.05, 3.63) is 16.9 Å². The van der Waals surface area contributed by atoms with Crippen LogP contribution in [0.4, 0.5) is 0 Å². The van der Waals surface area contributed by atoms with Gasteiger partial charge in [0.2, 0.25) is 10.0 Å². The molecule has 1 unspecified atom stereocenters. The summed E-state index contributed by atoms with van der Waals surface area (Å²) in [7, 11) is -0.136. The highest BCUT2D eigenvalue weighted by atomic mass is 32.2. The van der Waals surface area contributed by atoms with Crippen molar-refractivity contribution in [1.82, 2.24) is 8.87 Å². The number of carbonyl (C=O) groups excluding carboxylic acids is 1. The fourth-order valence-electron chi connectivity index (χ4n) is 3.51. The molecule has 1 saturated heterocycles. The van der Waals surface area contributed by atoms with Crippen LogP contribution in [0.2, 0.25) is 0 Å². The molecule has 1 atom stereocenters. The maximum absolute atomic E-state index is 12.9. The Morgan fingerprint density at radius 2 is 2.00 bits per heavy atom. The standard InChI is InChI=1S/C19H27N3O5S3/c1-26-15-10-14-17(11-16(15)27-2)29-19(22(14)8-9-28-3)20-18(23)13-6-5-7-21(12-13)30(4,24)25/h10-11,13H,5-9,12H2,1-4H3. The van der Waals surface area contributed by atoms with Gasteiger partial charge in [-0.25, -0.2) is 12.7 Å². The number of hydrogen-bond acceptors (Lipinski definition) is 7. The van der Waals surface area contributed by atoms with Crippen molar-refractivity contribution < 1.29 is 22.7 Å². The van der Waals surface area contributed by atoms with Crippen LogP contribution in [0.15, 0.2) is 17.1 Å². The molecular formula is C19H27N3O5S3. The molecule has 1 aliphatic heterocycles. The van der Waals surface area contributed by atoms with Gasteiger partial charge in [0, 0.05) is 37.5 Å². The first kappa shape index (κ1) is 23.1. The molecule has 1 amide bonds. The molecule has 1 aromatic heterocycles. The van der Waals surface area contributed by atoms with Crippen LogP contribution in [-0.4, -0.2) is 68.8 Å². The fourth-order valence-corrected chi connectivity index (χ4v) is 5.86. The Kier molecular flexibility index (Phi) is 7.48. The van der Waals surface area contributed by atoms with Crippen LogP contribution in [0, 0.1) is 5.92 Å². The normalized spacial score (nSPS) is 18.7. The summed E-state index contributed by atoms with van der Waals surface area (Å²) < 4.78 is 38.9. The average Bonchev–Trinajstić information content (AvgIpc) is 3.06. The molecule has 1 aliphatic rings.